The summed E-state index contributed by atoms with van der Waals surface area (Å²) in [6.45, 7) is 4.97. The van der Waals surface area contributed by atoms with Crippen molar-refractivity contribution in [3.05, 3.63) is 28.0 Å². The first-order valence-electron chi connectivity index (χ1n) is 5.73. The lowest BCUT2D eigenvalue weighted by Gasteiger charge is -2.36. The van der Waals surface area contributed by atoms with Gasteiger partial charge < -0.3 is 9.64 Å². The van der Waals surface area contributed by atoms with Crippen molar-refractivity contribution in [2.24, 2.45) is 0 Å². The lowest BCUT2D eigenvalue weighted by atomic mass is 10.1. The van der Waals surface area contributed by atoms with Crippen LogP contribution in [0.25, 0.3) is 0 Å². The minimum absolute atomic E-state index is 0.0282. The first-order chi connectivity index (χ1) is 8.49. The van der Waals surface area contributed by atoms with E-state index in [1.807, 2.05) is 13.8 Å². The highest BCUT2D eigenvalue weighted by Gasteiger charge is 2.29. The van der Waals surface area contributed by atoms with E-state index in [0.29, 0.717) is 18.7 Å². The number of hydrogen-bond acceptors (Lipinski definition) is 3. The molecule has 2 heterocycles. The average molecular weight is 289 g/mol. The summed E-state index contributed by atoms with van der Waals surface area (Å²) >= 11 is 11.7. The summed E-state index contributed by atoms with van der Waals surface area (Å²) in [4.78, 5) is 18.0. The SMILES string of the molecule is CC1CN(C(=O)c2ccc(Cl)nc2Cl)C(C)CO1. The van der Waals surface area contributed by atoms with Crippen molar-refractivity contribution in [3.63, 3.8) is 0 Å². The Labute approximate surface area is 116 Å². The highest BCUT2D eigenvalue weighted by atomic mass is 35.5. The van der Waals surface area contributed by atoms with Crippen LogP contribution in [0.5, 0.6) is 0 Å². The molecule has 2 rings (SSSR count). The fraction of sp³-hybridized carbons (Fsp3) is 0.500. The molecule has 0 radical (unpaired) electrons. The zero-order valence-electron chi connectivity index (χ0n) is 10.2. The summed E-state index contributed by atoms with van der Waals surface area (Å²) in [5.74, 6) is -0.133. The number of amides is 1. The van der Waals surface area contributed by atoms with Gasteiger partial charge in [0.25, 0.3) is 5.91 Å². The van der Waals surface area contributed by atoms with Gasteiger partial charge in [-0.3, -0.25) is 4.79 Å². The molecule has 0 aromatic carbocycles. The van der Waals surface area contributed by atoms with Crippen LogP contribution < -0.4 is 0 Å². The van der Waals surface area contributed by atoms with Crippen molar-refractivity contribution in [3.8, 4) is 0 Å². The molecule has 0 aliphatic carbocycles. The minimum Gasteiger partial charge on any atom is -0.375 e. The van der Waals surface area contributed by atoms with Crippen molar-refractivity contribution in [1.82, 2.24) is 9.88 Å². The number of carbonyl (C=O) groups excluding carboxylic acids is 1. The van der Waals surface area contributed by atoms with Crippen LogP contribution in [0.4, 0.5) is 0 Å². The van der Waals surface area contributed by atoms with Gasteiger partial charge in [0.1, 0.15) is 10.3 Å². The number of nitrogens with zero attached hydrogens (tertiary/aromatic N) is 2. The topological polar surface area (TPSA) is 42.4 Å². The molecule has 18 heavy (non-hydrogen) atoms. The third-order valence-corrected chi connectivity index (χ3v) is 3.41. The molecule has 1 aromatic heterocycles. The number of halogens is 2. The van der Waals surface area contributed by atoms with E-state index < -0.39 is 0 Å². The Morgan fingerprint density at radius 2 is 2.17 bits per heavy atom. The lowest BCUT2D eigenvalue weighted by Crippen LogP contribution is -2.50. The summed E-state index contributed by atoms with van der Waals surface area (Å²) < 4.78 is 5.49. The van der Waals surface area contributed by atoms with Gasteiger partial charge in [-0.2, -0.15) is 0 Å². The Kier molecular flexibility index (Phi) is 4.10. The van der Waals surface area contributed by atoms with Gasteiger partial charge in [-0.25, -0.2) is 4.98 Å². The maximum atomic E-state index is 12.4. The second kappa shape index (κ2) is 5.43. The van der Waals surface area contributed by atoms with Crippen LogP contribution in [-0.2, 0) is 4.74 Å². The number of morpholine rings is 1. The van der Waals surface area contributed by atoms with E-state index in [4.69, 9.17) is 27.9 Å². The van der Waals surface area contributed by atoms with Gasteiger partial charge in [0.05, 0.1) is 24.3 Å². The zero-order chi connectivity index (χ0) is 13.3. The standard InChI is InChI=1S/C12H14Cl2N2O2/c1-7-6-18-8(2)5-16(7)12(17)9-3-4-10(13)15-11(9)14/h3-4,7-8H,5-6H2,1-2H3. The van der Waals surface area contributed by atoms with Gasteiger partial charge in [-0.05, 0) is 26.0 Å². The molecule has 1 amide bonds. The Morgan fingerprint density at radius 1 is 1.44 bits per heavy atom. The highest BCUT2D eigenvalue weighted by Crippen LogP contribution is 2.21. The summed E-state index contributed by atoms with van der Waals surface area (Å²) in [6.07, 6.45) is 0.0317. The predicted molar refractivity (Wildman–Crippen MR) is 70.2 cm³/mol. The van der Waals surface area contributed by atoms with E-state index in [1.54, 1.807) is 17.0 Å². The van der Waals surface area contributed by atoms with E-state index >= 15 is 0 Å². The van der Waals surface area contributed by atoms with Crippen LogP contribution >= 0.6 is 23.2 Å². The Bertz CT molecular complexity index is 467. The molecule has 0 spiro atoms. The van der Waals surface area contributed by atoms with Crippen LogP contribution in [0.1, 0.15) is 24.2 Å². The van der Waals surface area contributed by atoms with Crippen LogP contribution in [0, 0.1) is 0 Å². The maximum Gasteiger partial charge on any atom is 0.257 e. The molecule has 6 heteroatoms. The summed E-state index contributed by atoms with van der Waals surface area (Å²) in [5.41, 5.74) is 0.377. The summed E-state index contributed by atoms with van der Waals surface area (Å²) in [5, 5.41) is 0.416. The summed E-state index contributed by atoms with van der Waals surface area (Å²) in [6, 6.07) is 3.20. The third kappa shape index (κ3) is 2.76. The molecule has 0 bridgehead atoms. The molecule has 1 fully saturated rings. The van der Waals surface area contributed by atoms with Crippen molar-refractivity contribution in [2.75, 3.05) is 13.2 Å². The Morgan fingerprint density at radius 3 is 2.83 bits per heavy atom. The largest absolute Gasteiger partial charge is 0.375 e. The van der Waals surface area contributed by atoms with Crippen molar-refractivity contribution in [2.45, 2.75) is 26.0 Å². The average Bonchev–Trinajstić information content (AvgIpc) is 2.31. The molecule has 1 saturated heterocycles. The van der Waals surface area contributed by atoms with Crippen molar-refractivity contribution >= 4 is 29.1 Å². The van der Waals surface area contributed by atoms with E-state index in [1.165, 1.54) is 0 Å². The van der Waals surface area contributed by atoms with E-state index in [0.717, 1.165) is 0 Å². The first-order valence-corrected chi connectivity index (χ1v) is 6.49. The zero-order valence-corrected chi connectivity index (χ0v) is 11.7. The number of aromatic nitrogens is 1. The molecule has 1 aliphatic rings. The highest BCUT2D eigenvalue weighted by molar-refractivity contribution is 6.34. The molecule has 0 N–H and O–H groups in total. The maximum absolute atomic E-state index is 12.4. The van der Waals surface area contributed by atoms with E-state index in [9.17, 15) is 4.79 Å². The number of ether oxygens (including phenoxy) is 1. The number of hydrogen-bond donors (Lipinski definition) is 0. The quantitative estimate of drug-likeness (QED) is 0.746. The summed E-state index contributed by atoms with van der Waals surface area (Å²) in [7, 11) is 0. The van der Waals surface area contributed by atoms with Gasteiger partial charge in [-0.1, -0.05) is 23.2 Å². The van der Waals surface area contributed by atoms with Gasteiger partial charge in [0, 0.05) is 6.54 Å². The molecular weight excluding hydrogens is 275 g/mol. The third-order valence-electron chi connectivity index (χ3n) is 2.91. The second-order valence-corrected chi connectivity index (χ2v) is 5.17. The van der Waals surface area contributed by atoms with Crippen LogP contribution in [0.15, 0.2) is 12.1 Å². The van der Waals surface area contributed by atoms with E-state index in [2.05, 4.69) is 4.98 Å². The predicted octanol–water partition coefficient (Wildman–Crippen LogP) is 2.64. The molecule has 98 valence electrons. The Balaban J connectivity index is 2.24. The second-order valence-electron chi connectivity index (χ2n) is 4.42. The van der Waals surface area contributed by atoms with Crippen LogP contribution in [-0.4, -0.2) is 41.1 Å². The lowest BCUT2D eigenvalue weighted by molar-refractivity contribution is -0.0387. The van der Waals surface area contributed by atoms with Gasteiger partial charge >= 0.3 is 0 Å². The molecule has 2 unspecified atom stereocenters. The minimum atomic E-state index is -0.133. The Hall–Kier alpha value is -0.840. The molecule has 0 saturated carbocycles. The van der Waals surface area contributed by atoms with Gasteiger partial charge in [0.15, 0.2) is 0 Å². The fourth-order valence-electron chi connectivity index (χ4n) is 1.91. The fourth-order valence-corrected chi connectivity index (χ4v) is 2.34. The monoisotopic (exact) mass is 288 g/mol. The molecule has 1 aromatic rings. The smallest absolute Gasteiger partial charge is 0.257 e. The molecule has 2 atom stereocenters. The van der Waals surface area contributed by atoms with Crippen LogP contribution in [0.3, 0.4) is 0 Å². The molecular formula is C12H14Cl2N2O2. The van der Waals surface area contributed by atoms with Crippen LogP contribution in [0.2, 0.25) is 10.3 Å². The number of pyridine rings is 1. The molecule has 1 aliphatic heterocycles. The number of rotatable bonds is 1. The molecule has 4 nitrogen and oxygen atoms in total. The number of carbonyl (C=O) groups is 1. The van der Waals surface area contributed by atoms with Crippen molar-refractivity contribution < 1.29 is 9.53 Å². The first kappa shape index (κ1) is 13.6. The normalized spacial score (nSPS) is 24.1. The van der Waals surface area contributed by atoms with Gasteiger partial charge in [-0.15, -0.1) is 0 Å². The van der Waals surface area contributed by atoms with Gasteiger partial charge in [0.2, 0.25) is 0 Å². The van der Waals surface area contributed by atoms with E-state index in [-0.39, 0.29) is 28.4 Å². The van der Waals surface area contributed by atoms with Crippen molar-refractivity contribution in [1.29, 1.82) is 0 Å².